The van der Waals surface area contributed by atoms with Gasteiger partial charge in [-0.25, -0.2) is 0 Å². The molecule has 2 aliphatic carbocycles. The maximum atomic E-state index is 4.06. The highest BCUT2D eigenvalue weighted by Crippen LogP contribution is 2.52. The van der Waals surface area contributed by atoms with Crippen LogP contribution in [0.2, 0.25) is 0 Å². The molecule has 4 aromatic rings. The van der Waals surface area contributed by atoms with Crippen molar-refractivity contribution >= 4 is 22.7 Å². The lowest BCUT2D eigenvalue weighted by Gasteiger charge is -2.30. The van der Waals surface area contributed by atoms with Gasteiger partial charge in [-0.1, -0.05) is 114 Å². The predicted molar refractivity (Wildman–Crippen MR) is 236 cm³/mol. The first-order chi connectivity index (χ1) is 25.5. The standard InChI is InChI=1S/C45H46N2.C4H8.C2H6/c1-9-14-35(25-31(2)3)46(36-18-11-10-15-32(4)26-36)39-21-23-41-42-24-22-40(30-44(42)45(7,8)43(41)29-39)47(37-19-12-16-33(5)27-37)38-20-13-17-34(6)28-38;1-3-4-2;1-2/h9-10,12-30H,1,11H2,2-8H3;3H,1,4H2,2H3;1-2H3/b35-14+;;. The second kappa shape index (κ2) is 18.4. The Balaban J connectivity index is 0.000000980. The lowest BCUT2D eigenvalue weighted by molar-refractivity contribution is 0.660. The van der Waals surface area contributed by atoms with Gasteiger partial charge in [-0.2, -0.15) is 0 Å². The number of hydrogen-bond donors (Lipinski definition) is 0. The molecule has 0 unspecified atom stereocenters. The average molecular weight is 701 g/mol. The first-order valence-electron chi connectivity index (χ1n) is 19.1. The van der Waals surface area contributed by atoms with Gasteiger partial charge in [-0.05, 0) is 153 Å². The van der Waals surface area contributed by atoms with Gasteiger partial charge in [-0.3, -0.25) is 0 Å². The van der Waals surface area contributed by atoms with Crippen molar-refractivity contribution < 1.29 is 0 Å². The Morgan fingerprint density at radius 3 is 1.79 bits per heavy atom. The molecule has 0 radical (unpaired) electrons. The van der Waals surface area contributed by atoms with E-state index in [0.29, 0.717) is 0 Å². The van der Waals surface area contributed by atoms with Crippen LogP contribution in [0.5, 0.6) is 0 Å². The van der Waals surface area contributed by atoms with Crippen LogP contribution in [0, 0.1) is 13.8 Å². The van der Waals surface area contributed by atoms with Gasteiger partial charge in [0.15, 0.2) is 0 Å². The van der Waals surface area contributed by atoms with E-state index >= 15 is 0 Å². The van der Waals surface area contributed by atoms with Crippen LogP contribution in [0.15, 0.2) is 169 Å². The maximum Gasteiger partial charge on any atom is 0.0465 e. The molecule has 2 heteroatoms. The van der Waals surface area contributed by atoms with Crippen LogP contribution in [-0.2, 0) is 5.41 Å². The maximum absolute atomic E-state index is 4.06. The van der Waals surface area contributed by atoms with Crippen LogP contribution < -0.4 is 9.80 Å². The van der Waals surface area contributed by atoms with Gasteiger partial charge in [0.05, 0.1) is 0 Å². The topological polar surface area (TPSA) is 6.48 Å². The van der Waals surface area contributed by atoms with Crippen molar-refractivity contribution in [1.29, 1.82) is 0 Å². The van der Waals surface area contributed by atoms with Gasteiger partial charge in [-0.15, -0.1) is 6.58 Å². The molecular formula is C51H60N2. The van der Waals surface area contributed by atoms with E-state index in [-0.39, 0.29) is 5.41 Å². The van der Waals surface area contributed by atoms with Gasteiger partial charge < -0.3 is 9.80 Å². The van der Waals surface area contributed by atoms with E-state index in [1.165, 1.54) is 55.9 Å². The first kappa shape index (κ1) is 40.4. The van der Waals surface area contributed by atoms with E-state index in [1.54, 1.807) is 0 Å². The molecule has 0 N–H and O–H groups in total. The van der Waals surface area contributed by atoms with Crippen molar-refractivity contribution in [3.63, 3.8) is 0 Å². The highest BCUT2D eigenvalue weighted by Gasteiger charge is 2.37. The minimum atomic E-state index is -0.197. The number of anilines is 4. The van der Waals surface area contributed by atoms with Crippen molar-refractivity contribution in [3.8, 4) is 11.1 Å². The number of allylic oxidation sites excluding steroid dienone is 10. The number of nitrogens with zero attached hydrogens (tertiary/aromatic N) is 2. The molecule has 0 bridgehead atoms. The van der Waals surface area contributed by atoms with Gasteiger partial charge in [0, 0.05) is 39.6 Å². The zero-order chi connectivity index (χ0) is 38.7. The third kappa shape index (κ3) is 9.37. The molecule has 53 heavy (non-hydrogen) atoms. The summed E-state index contributed by atoms with van der Waals surface area (Å²) in [7, 11) is 0. The van der Waals surface area contributed by atoms with E-state index < -0.39 is 0 Å². The summed E-state index contributed by atoms with van der Waals surface area (Å²) < 4.78 is 0. The molecule has 2 aliphatic rings. The summed E-state index contributed by atoms with van der Waals surface area (Å²) in [6.07, 6.45) is 19.1. The van der Waals surface area contributed by atoms with Crippen LogP contribution in [0.3, 0.4) is 0 Å². The number of aryl methyl sites for hydroxylation is 2. The molecule has 0 aromatic heterocycles. The summed E-state index contributed by atoms with van der Waals surface area (Å²) in [5.41, 5.74) is 17.0. The normalized spacial score (nSPS) is 13.7. The van der Waals surface area contributed by atoms with E-state index in [4.69, 9.17) is 0 Å². The third-order valence-corrected chi connectivity index (χ3v) is 9.43. The Morgan fingerprint density at radius 2 is 1.28 bits per heavy atom. The third-order valence-electron chi connectivity index (χ3n) is 9.43. The SMILES string of the molecule is C=C/C=C(\C=C(C)C)N(C1=CCC=CC(C)=C1)c1ccc2c(c1)C(C)(C)c1cc(N(c3cccc(C)c3)c3cccc(C)c3)ccc1-2.C=CCC.CC. The summed E-state index contributed by atoms with van der Waals surface area (Å²) >= 11 is 0. The molecule has 0 saturated heterocycles. The summed E-state index contributed by atoms with van der Waals surface area (Å²) in [6, 6.07) is 31.6. The average Bonchev–Trinajstić information content (AvgIpc) is 3.23. The summed E-state index contributed by atoms with van der Waals surface area (Å²) in [4.78, 5) is 4.77. The summed E-state index contributed by atoms with van der Waals surface area (Å²) in [6.45, 7) is 29.1. The fourth-order valence-corrected chi connectivity index (χ4v) is 6.96. The zero-order valence-electron chi connectivity index (χ0n) is 33.9. The molecule has 0 fully saturated rings. The van der Waals surface area contributed by atoms with Gasteiger partial charge in [0.25, 0.3) is 0 Å². The van der Waals surface area contributed by atoms with Gasteiger partial charge in [0.1, 0.15) is 0 Å². The van der Waals surface area contributed by atoms with Crippen molar-refractivity contribution in [3.05, 3.63) is 191 Å². The van der Waals surface area contributed by atoms with Crippen molar-refractivity contribution in [2.45, 2.75) is 87.5 Å². The Kier molecular flexibility index (Phi) is 14.1. The number of fused-ring (bicyclic) bond motifs is 3. The highest BCUT2D eigenvalue weighted by molar-refractivity contribution is 5.87. The molecule has 0 saturated carbocycles. The van der Waals surface area contributed by atoms with E-state index in [9.17, 15) is 0 Å². The molecule has 0 amide bonds. The molecule has 4 aromatic carbocycles. The quantitative estimate of drug-likeness (QED) is 0.127. The van der Waals surface area contributed by atoms with Gasteiger partial charge in [0.2, 0.25) is 0 Å². The van der Waals surface area contributed by atoms with Crippen molar-refractivity contribution in [1.82, 2.24) is 0 Å². The molecule has 0 spiro atoms. The monoisotopic (exact) mass is 700 g/mol. The fourth-order valence-electron chi connectivity index (χ4n) is 6.96. The fraction of sp³-hybridized carbons (Fsp3) is 0.255. The molecule has 6 rings (SSSR count). The minimum Gasteiger partial charge on any atom is -0.311 e. The second-order valence-corrected chi connectivity index (χ2v) is 14.3. The smallest absolute Gasteiger partial charge is 0.0465 e. The summed E-state index contributed by atoms with van der Waals surface area (Å²) in [5.74, 6) is 0. The molecule has 2 nitrogen and oxygen atoms in total. The van der Waals surface area contributed by atoms with Crippen molar-refractivity contribution in [2.75, 3.05) is 9.80 Å². The Hall–Kier alpha value is -5.34. The Bertz CT molecular complexity index is 2030. The molecule has 0 aliphatic heterocycles. The van der Waals surface area contributed by atoms with E-state index in [1.807, 2.05) is 26.0 Å². The number of rotatable bonds is 9. The Labute approximate surface area is 321 Å². The van der Waals surface area contributed by atoms with Crippen LogP contribution in [0.25, 0.3) is 11.1 Å². The molecular weight excluding hydrogens is 641 g/mol. The van der Waals surface area contributed by atoms with Crippen LogP contribution >= 0.6 is 0 Å². The highest BCUT2D eigenvalue weighted by atomic mass is 15.2. The molecule has 274 valence electrons. The van der Waals surface area contributed by atoms with Crippen molar-refractivity contribution in [2.24, 2.45) is 0 Å². The second-order valence-electron chi connectivity index (χ2n) is 14.3. The molecule has 0 heterocycles. The lowest BCUT2D eigenvalue weighted by Crippen LogP contribution is -2.22. The lowest BCUT2D eigenvalue weighted by atomic mass is 9.82. The van der Waals surface area contributed by atoms with Crippen LogP contribution in [-0.4, -0.2) is 0 Å². The largest absolute Gasteiger partial charge is 0.311 e. The van der Waals surface area contributed by atoms with E-state index in [2.05, 4.69) is 200 Å². The molecule has 0 atom stereocenters. The summed E-state index contributed by atoms with van der Waals surface area (Å²) in [5, 5.41) is 0. The van der Waals surface area contributed by atoms with Crippen LogP contribution in [0.4, 0.5) is 22.7 Å². The predicted octanol–water partition coefficient (Wildman–Crippen LogP) is 15.3. The van der Waals surface area contributed by atoms with E-state index in [0.717, 1.165) is 35.6 Å². The minimum absolute atomic E-state index is 0.197. The van der Waals surface area contributed by atoms with Gasteiger partial charge >= 0.3 is 0 Å². The zero-order valence-corrected chi connectivity index (χ0v) is 33.9. The number of hydrogen-bond acceptors (Lipinski definition) is 2. The Morgan fingerprint density at radius 1 is 0.755 bits per heavy atom. The number of benzene rings is 4. The van der Waals surface area contributed by atoms with Crippen LogP contribution in [0.1, 0.15) is 90.5 Å². The first-order valence-corrected chi connectivity index (χ1v) is 19.1.